The predicted octanol–water partition coefficient (Wildman–Crippen LogP) is 4.64. The number of halogens is 3. The number of nitrogens with zero attached hydrogens (tertiary/aromatic N) is 4. The second-order valence-electron chi connectivity index (χ2n) is 6.53. The van der Waals surface area contributed by atoms with Gasteiger partial charge in [-0.1, -0.05) is 17.7 Å². The van der Waals surface area contributed by atoms with Crippen LogP contribution in [0.5, 0.6) is 0 Å². The maximum atomic E-state index is 14.0. The van der Waals surface area contributed by atoms with Gasteiger partial charge in [-0.2, -0.15) is 10.2 Å². The van der Waals surface area contributed by atoms with Crippen molar-refractivity contribution in [1.29, 1.82) is 0 Å². The standard InChI is InChI=1S/C19H20BrClFN5O/c1-11-9-17(25-27(11)10-14-15(21)5-4-6-16(14)22)23-18(28)7-8-26-13(3)19(20)12(2)24-26/h4-6,9H,7-8,10H2,1-3H3,(H,23,25,28). The molecule has 3 rings (SSSR count). The van der Waals surface area contributed by atoms with Crippen LogP contribution in [0.4, 0.5) is 10.2 Å². The number of aryl methyl sites for hydroxylation is 3. The van der Waals surface area contributed by atoms with Crippen LogP contribution in [-0.2, 0) is 17.9 Å². The summed E-state index contributed by atoms with van der Waals surface area (Å²) in [5.74, 6) is -0.134. The molecule has 1 amide bonds. The van der Waals surface area contributed by atoms with E-state index in [2.05, 4.69) is 31.4 Å². The molecule has 0 unspecified atom stereocenters. The number of hydrogen-bond acceptors (Lipinski definition) is 3. The Balaban J connectivity index is 1.64. The van der Waals surface area contributed by atoms with Crippen molar-refractivity contribution in [3.63, 3.8) is 0 Å². The molecule has 6 nitrogen and oxygen atoms in total. The summed E-state index contributed by atoms with van der Waals surface area (Å²) in [4.78, 5) is 12.3. The number of nitrogens with one attached hydrogen (secondary N) is 1. The second kappa shape index (κ2) is 8.45. The zero-order valence-electron chi connectivity index (χ0n) is 15.8. The van der Waals surface area contributed by atoms with Crippen LogP contribution in [0.1, 0.15) is 29.1 Å². The number of benzene rings is 1. The van der Waals surface area contributed by atoms with E-state index in [1.807, 2.05) is 20.8 Å². The lowest BCUT2D eigenvalue weighted by Gasteiger charge is -2.08. The van der Waals surface area contributed by atoms with Gasteiger partial charge >= 0.3 is 0 Å². The average Bonchev–Trinajstić information content (AvgIpc) is 3.10. The van der Waals surface area contributed by atoms with Crippen LogP contribution in [0.2, 0.25) is 5.02 Å². The first-order valence-corrected chi connectivity index (χ1v) is 9.90. The van der Waals surface area contributed by atoms with Crippen molar-refractivity contribution in [2.24, 2.45) is 0 Å². The van der Waals surface area contributed by atoms with Gasteiger partial charge in [0.2, 0.25) is 5.91 Å². The molecule has 0 fully saturated rings. The van der Waals surface area contributed by atoms with Gasteiger partial charge in [-0.25, -0.2) is 4.39 Å². The lowest BCUT2D eigenvalue weighted by molar-refractivity contribution is -0.116. The van der Waals surface area contributed by atoms with E-state index in [9.17, 15) is 9.18 Å². The third kappa shape index (κ3) is 4.44. The summed E-state index contributed by atoms with van der Waals surface area (Å²) in [5, 5.41) is 11.9. The Morgan fingerprint density at radius 1 is 1.25 bits per heavy atom. The van der Waals surface area contributed by atoms with Crippen molar-refractivity contribution in [3.05, 3.63) is 62.2 Å². The summed E-state index contributed by atoms with van der Waals surface area (Å²) in [6.07, 6.45) is 0.263. The smallest absolute Gasteiger partial charge is 0.227 e. The van der Waals surface area contributed by atoms with Gasteiger partial charge in [0.05, 0.1) is 23.3 Å². The van der Waals surface area contributed by atoms with Crippen LogP contribution in [-0.4, -0.2) is 25.5 Å². The van der Waals surface area contributed by atoms with Gasteiger partial charge in [-0.05, 0) is 48.8 Å². The second-order valence-corrected chi connectivity index (χ2v) is 7.74. The molecule has 2 aromatic heterocycles. The molecule has 0 radical (unpaired) electrons. The number of carbonyl (C=O) groups excluding carboxylic acids is 1. The normalized spacial score (nSPS) is 11.1. The lowest BCUT2D eigenvalue weighted by Crippen LogP contribution is -2.16. The van der Waals surface area contributed by atoms with Crippen molar-refractivity contribution < 1.29 is 9.18 Å². The maximum absolute atomic E-state index is 14.0. The largest absolute Gasteiger partial charge is 0.309 e. The fourth-order valence-electron chi connectivity index (χ4n) is 2.87. The molecular formula is C19H20BrClFN5O. The van der Waals surface area contributed by atoms with Crippen LogP contribution in [0.15, 0.2) is 28.7 Å². The van der Waals surface area contributed by atoms with Gasteiger partial charge in [0.15, 0.2) is 5.82 Å². The summed E-state index contributed by atoms with van der Waals surface area (Å²) in [6, 6.07) is 6.30. The van der Waals surface area contributed by atoms with E-state index in [0.29, 0.717) is 22.9 Å². The minimum atomic E-state index is -0.385. The molecule has 0 aliphatic heterocycles. The molecule has 1 aromatic carbocycles. The van der Waals surface area contributed by atoms with Gasteiger partial charge in [-0.15, -0.1) is 0 Å². The zero-order chi connectivity index (χ0) is 20.4. The summed E-state index contributed by atoms with van der Waals surface area (Å²) in [5.41, 5.74) is 3.02. The first-order chi connectivity index (χ1) is 13.3. The molecular weight excluding hydrogens is 449 g/mol. The minimum absolute atomic E-state index is 0.169. The maximum Gasteiger partial charge on any atom is 0.227 e. The first-order valence-electron chi connectivity index (χ1n) is 8.73. The summed E-state index contributed by atoms with van der Waals surface area (Å²) < 4.78 is 18.4. The van der Waals surface area contributed by atoms with Gasteiger partial charge in [0.1, 0.15) is 5.82 Å². The van der Waals surface area contributed by atoms with Crippen molar-refractivity contribution >= 4 is 39.3 Å². The van der Waals surface area contributed by atoms with E-state index in [1.54, 1.807) is 27.6 Å². The van der Waals surface area contributed by atoms with E-state index in [4.69, 9.17) is 11.6 Å². The molecule has 0 bridgehead atoms. The lowest BCUT2D eigenvalue weighted by atomic mass is 10.2. The Morgan fingerprint density at radius 3 is 2.64 bits per heavy atom. The van der Waals surface area contributed by atoms with Crippen LogP contribution >= 0.6 is 27.5 Å². The van der Waals surface area contributed by atoms with Gasteiger partial charge in [0.25, 0.3) is 0 Å². The van der Waals surface area contributed by atoms with E-state index >= 15 is 0 Å². The molecule has 0 spiro atoms. The van der Waals surface area contributed by atoms with Crippen molar-refractivity contribution in [2.75, 3.05) is 5.32 Å². The molecule has 0 atom stereocenters. The fourth-order valence-corrected chi connectivity index (χ4v) is 3.38. The first kappa shape index (κ1) is 20.5. The molecule has 148 valence electrons. The third-order valence-electron chi connectivity index (χ3n) is 4.46. The van der Waals surface area contributed by atoms with Gasteiger partial charge < -0.3 is 5.32 Å². The summed E-state index contributed by atoms with van der Waals surface area (Å²) >= 11 is 9.56. The highest BCUT2D eigenvalue weighted by molar-refractivity contribution is 9.10. The molecule has 0 saturated heterocycles. The molecule has 28 heavy (non-hydrogen) atoms. The molecule has 0 aliphatic carbocycles. The van der Waals surface area contributed by atoms with E-state index < -0.39 is 0 Å². The Hall–Kier alpha value is -2.19. The average molecular weight is 469 g/mol. The molecule has 0 saturated carbocycles. The number of anilines is 1. The number of rotatable bonds is 6. The van der Waals surface area contributed by atoms with E-state index in [0.717, 1.165) is 21.6 Å². The van der Waals surface area contributed by atoms with Crippen LogP contribution in [0.25, 0.3) is 0 Å². The number of aromatic nitrogens is 4. The predicted molar refractivity (Wildman–Crippen MR) is 110 cm³/mol. The molecule has 1 N–H and O–H groups in total. The van der Waals surface area contributed by atoms with Gasteiger partial charge in [-0.3, -0.25) is 14.2 Å². The fraction of sp³-hybridized carbons (Fsp3) is 0.316. The molecule has 0 aliphatic rings. The molecule has 2 heterocycles. The number of carbonyl (C=O) groups is 1. The molecule has 3 aromatic rings. The monoisotopic (exact) mass is 467 g/mol. The van der Waals surface area contributed by atoms with Crippen LogP contribution in [0, 0.1) is 26.6 Å². The number of hydrogen-bond donors (Lipinski definition) is 1. The quantitative estimate of drug-likeness (QED) is 0.573. The van der Waals surface area contributed by atoms with Crippen molar-refractivity contribution in [3.8, 4) is 0 Å². The Morgan fingerprint density at radius 2 is 2.00 bits per heavy atom. The summed E-state index contributed by atoms with van der Waals surface area (Å²) in [7, 11) is 0. The van der Waals surface area contributed by atoms with Crippen LogP contribution in [0.3, 0.4) is 0 Å². The number of amides is 1. The zero-order valence-corrected chi connectivity index (χ0v) is 18.1. The topological polar surface area (TPSA) is 64.7 Å². The molecule has 9 heteroatoms. The van der Waals surface area contributed by atoms with E-state index in [1.165, 1.54) is 6.07 Å². The Bertz CT molecular complexity index is 1010. The van der Waals surface area contributed by atoms with Gasteiger partial charge in [0, 0.05) is 34.5 Å². The van der Waals surface area contributed by atoms with Crippen molar-refractivity contribution in [2.45, 2.75) is 40.3 Å². The highest BCUT2D eigenvalue weighted by Crippen LogP contribution is 2.22. The Labute approximate surface area is 175 Å². The summed E-state index contributed by atoms with van der Waals surface area (Å²) in [6.45, 7) is 6.35. The van der Waals surface area contributed by atoms with Crippen LogP contribution < -0.4 is 5.32 Å². The minimum Gasteiger partial charge on any atom is -0.309 e. The third-order valence-corrected chi connectivity index (χ3v) is 5.96. The highest BCUT2D eigenvalue weighted by Gasteiger charge is 2.14. The highest BCUT2D eigenvalue weighted by atomic mass is 79.9. The Kier molecular flexibility index (Phi) is 6.20. The van der Waals surface area contributed by atoms with Crippen molar-refractivity contribution in [1.82, 2.24) is 19.6 Å². The van der Waals surface area contributed by atoms with E-state index in [-0.39, 0.29) is 24.7 Å². The SMILES string of the molecule is Cc1nn(CCC(=O)Nc2cc(C)n(Cc3c(F)cccc3Cl)n2)c(C)c1Br.